The lowest BCUT2D eigenvalue weighted by molar-refractivity contribution is -0.139. The molecule has 0 bridgehead atoms. The van der Waals surface area contributed by atoms with E-state index in [2.05, 4.69) is 10.6 Å². The Morgan fingerprint density at radius 3 is 2.55 bits per heavy atom. The van der Waals surface area contributed by atoms with Crippen LogP contribution in [0.2, 0.25) is 0 Å². The number of amides is 2. The summed E-state index contributed by atoms with van der Waals surface area (Å²) in [6.07, 6.45) is -0.519. The molecule has 0 aromatic heterocycles. The third-order valence-electron chi connectivity index (χ3n) is 3.00. The molecular weight excluding hydrogens is 289 g/mol. The second kappa shape index (κ2) is 9.11. The highest BCUT2D eigenvalue weighted by molar-refractivity contribution is 6.35. The summed E-state index contributed by atoms with van der Waals surface area (Å²) < 4.78 is 18.4. The summed E-state index contributed by atoms with van der Waals surface area (Å²) in [4.78, 5) is 25.1. The summed E-state index contributed by atoms with van der Waals surface area (Å²) in [7, 11) is 5.20. The fourth-order valence-electron chi connectivity index (χ4n) is 1.78. The number of carbonyl (C=O) groups is 2. The average molecular weight is 311 g/mol. The van der Waals surface area contributed by atoms with E-state index in [0.717, 1.165) is 0 Å². The average Bonchev–Trinajstić information content (AvgIpc) is 2.47. The maximum absolute atomic E-state index is 13.2. The molecule has 22 heavy (non-hydrogen) atoms. The highest BCUT2D eigenvalue weighted by atomic mass is 19.1. The van der Waals surface area contributed by atoms with Crippen LogP contribution in [-0.2, 0) is 14.3 Å². The predicted molar refractivity (Wildman–Crippen MR) is 80.7 cm³/mol. The van der Waals surface area contributed by atoms with E-state index < -0.39 is 17.9 Å². The van der Waals surface area contributed by atoms with Gasteiger partial charge in [0.05, 0.1) is 6.10 Å². The van der Waals surface area contributed by atoms with Crippen LogP contribution in [0.3, 0.4) is 0 Å². The largest absolute Gasteiger partial charge is 0.375 e. The Morgan fingerprint density at radius 1 is 1.27 bits per heavy atom. The lowest BCUT2D eigenvalue weighted by Crippen LogP contribution is -2.43. The predicted octanol–water partition coefficient (Wildman–Crippen LogP) is 0.307. The molecule has 0 spiro atoms. The van der Waals surface area contributed by atoms with Crippen molar-refractivity contribution in [1.29, 1.82) is 0 Å². The van der Waals surface area contributed by atoms with Crippen molar-refractivity contribution in [2.24, 2.45) is 0 Å². The van der Waals surface area contributed by atoms with Crippen LogP contribution in [0.5, 0.6) is 0 Å². The molecule has 122 valence electrons. The molecule has 1 aromatic carbocycles. The van der Waals surface area contributed by atoms with Gasteiger partial charge in [-0.1, -0.05) is 12.1 Å². The van der Waals surface area contributed by atoms with Gasteiger partial charge in [-0.15, -0.1) is 0 Å². The molecule has 7 heteroatoms. The van der Waals surface area contributed by atoms with Crippen molar-refractivity contribution in [1.82, 2.24) is 15.5 Å². The Kier molecular flexibility index (Phi) is 7.48. The number of likely N-dealkylation sites (N-methyl/N-ethyl adjacent to an activating group) is 1. The zero-order valence-corrected chi connectivity index (χ0v) is 13.1. The maximum Gasteiger partial charge on any atom is 0.309 e. The normalized spacial score (nSPS) is 12.0. The number of nitrogens with zero attached hydrogens (tertiary/aromatic N) is 1. The molecule has 0 heterocycles. The Morgan fingerprint density at radius 2 is 1.95 bits per heavy atom. The van der Waals surface area contributed by atoms with Gasteiger partial charge in [-0.2, -0.15) is 0 Å². The third-order valence-corrected chi connectivity index (χ3v) is 3.00. The lowest BCUT2D eigenvalue weighted by atomic mass is 10.1. The number of ether oxygens (including phenoxy) is 1. The zero-order chi connectivity index (χ0) is 16.5. The molecular formula is C15H22FN3O3. The van der Waals surface area contributed by atoms with Crippen molar-refractivity contribution in [2.75, 3.05) is 40.8 Å². The summed E-state index contributed by atoms with van der Waals surface area (Å²) in [5.41, 5.74) is 0.593. The van der Waals surface area contributed by atoms with Gasteiger partial charge in [-0.3, -0.25) is 9.59 Å². The molecule has 1 aromatic rings. The monoisotopic (exact) mass is 311 g/mol. The van der Waals surface area contributed by atoms with Gasteiger partial charge in [-0.25, -0.2) is 4.39 Å². The number of halogens is 1. The van der Waals surface area contributed by atoms with Crippen LogP contribution in [0.15, 0.2) is 24.3 Å². The highest BCUT2D eigenvalue weighted by Gasteiger charge is 2.17. The highest BCUT2D eigenvalue weighted by Crippen LogP contribution is 2.16. The fourth-order valence-corrected chi connectivity index (χ4v) is 1.78. The van der Waals surface area contributed by atoms with Gasteiger partial charge in [-0.05, 0) is 31.8 Å². The minimum Gasteiger partial charge on any atom is -0.375 e. The van der Waals surface area contributed by atoms with E-state index >= 15 is 0 Å². The Labute approximate surface area is 129 Å². The molecule has 0 aliphatic rings. The van der Waals surface area contributed by atoms with Crippen molar-refractivity contribution in [3.05, 3.63) is 35.6 Å². The molecule has 1 rings (SSSR count). The van der Waals surface area contributed by atoms with Gasteiger partial charge in [0.1, 0.15) is 5.82 Å². The summed E-state index contributed by atoms with van der Waals surface area (Å²) in [5, 5.41) is 4.99. The van der Waals surface area contributed by atoms with Crippen molar-refractivity contribution >= 4 is 11.8 Å². The van der Waals surface area contributed by atoms with Crippen LogP contribution >= 0.6 is 0 Å². The van der Waals surface area contributed by atoms with E-state index in [-0.39, 0.29) is 12.4 Å². The molecule has 0 saturated heterocycles. The van der Waals surface area contributed by atoms with Crippen molar-refractivity contribution in [3.63, 3.8) is 0 Å². The van der Waals surface area contributed by atoms with Crippen LogP contribution in [0.1, 0.15) is 11.7 Å². The molecule has 0 fully saturated rings. The van der Waals surface area contributed by atoms with Gasteiger partial charge >= 0.3 is 11.8 Å². The fraction of sp³-hybridized carbons (Fsp3) is 0.467. The topological polar surface area (TPSA) is 70.7 Å². The lowest BCUT2D eigenvalue weighted by Gasteiger charge is -2.16. The molecule has 2 amide bonds. The van der Waals surface area contributed by atoms with Gasteiger partial charge in [0.2, 0.25) is 0 Å². The Hall–Kier alpha value is -1.99. The van der Waals surface area contributed by atoms with E-state index in [9.17, 15) is 14.0 Å². The van der Waals surface area contributed by atoms with Gasteiger partial charge in [0.25, 0.3) is 0 Å². The maximum atomic E-state index is 13.2. The number of benzene rings is 1. The van der Waals surface area contributed by atoms with Crippen molar-refractivity contribution in [2.45, 2.75) is 6.10 Å². The van der Waals surface area contributed by atoms with Crippen LogP contribution in [0.4, 0.5) is 4.39 Å². The van der Waals surface area contributed by atoms with Crippen LogP contribution < -0.4 is 10.6 Å². The minimum atomic E-state index is -0.739. The van der Waals surface area contributed by atoms with Gasteiger partial charge in [0.15, 0.2) is 0 Å². The van der Waals surface area contributed by atoms with E-state index in [0.29, 0.717) is 18.7 Å². The van der Waals surface area contributed by atoms with Crippen LogP contribution in [0.25, 0.3) is 0 Å². The quantitative estimate of drug-likeness (QED) is 0.711. The van der Waals surface area contributed by atoms with Gasteiger partial charge in [0, 0.05) is 26.7 Å². The number of nitrogens with one attached hydrogen (secondary N) is 2. The summed E-state index contributed by atoms with van der Waals surface area (Å²) in [6, 6.07) is 5.91. The number of rotatable bonds is 7. The second-order valence-corrected chi connectivity index (χ2v) is 5.05. The van der Waals surface area contributed by atoms with E-state index in [1.807, 2.05) is 19.0 Å². The first kappa shape index (κ1) is 18.1. The first-order valence-corrected chi connectivity index (χ1v) is 6.93. The van der Waals surface area contributed by atoms with E-state index in [4.69, 9.17) is 4.74 Å². The number of hydrogen-bond donors (Lipinski definition) is 2. The van der Waals surface area contributed by atoms with Crippen LogP contribution in [0, 0.1) is 5.82 Å². The summed E-state index contributed by atoms with van der Waals surface area (Å²) in [5.74, 6) is -1.82. The standard InChI is InChI=1S/C15H22FN3O3/c1-19(2)8-7-17-14(20)15(21)18-10-13(22-3)11-5-4-6-12(16)9-11/h4-6,9,13H,7-8,10H2,1-3H3,(H,17,20)(H,18,21). The minimum absolute atomic E-state index is 0.0832. The Bertz CT molecular complexity index is 509. The molecule has 1 unspecified atom stereocenters. The molecule has 2 N–H and O–H groups in total. The van der Waals surface area contributed by atoms with E-state index in [1.165, 1.54) is 19.2 Å². The first-order valence-electron chi connectivity index (χ1n) is 6.93. The number of methoxy groups -OCH3 is 1. The van der Waals surface area contributed by atoms with Gasteiger partial charge < -0.3 is 20.3 Å². The molecule has 1 atom stereocenters. The van der Waals surface area contributed by atoms with Crippen molar-refractivity contribution in [3.8, 4) is 0 Å². The summed E-state index contributed by atoms with van der Waals surface area (Å²) >= 11 is 0. The molecule has 0 radical (unpaired) electrons. The number of hydrogen-bond acceptors (Lipinski definition) is 4. The number of carbonyl (C=O) groups excluding carboxylic acids is 2. The molecule has 0 aliphatic heterocycles. The third kappa shape index (κ3) is 6.19. The second-order valence-electron chi connectivity index (χ2n) is 5.05. The molecule has 6 nitrogen and oxygen atoms in total. The summed E-state index contributed by atoms with van der Waals surface area (Å²) in [6.45, 7) is 1.11. The smallest absolute Gasteiger partial charge is 0.309 e. The molecule has 0 aliphatic carbocycles. The Balaban J connectivity index is 2.45. The van der Waals surface area contributed by atoms with Crippen molar-refractivity contribution < 1.29 is 18.7 Å². The molecule has 0 saturated carbocycles. The zero-order valence-electron chi connectivity index (χ0n) is 13.1. The first-order chi connectivity index (χ1) is 10.4. The SMILES string of the molecule is COC(CNC(=O)C(=O)NCCN(C)C)c1cccc(F)c1. The van der Waals surface area contributed by atoms with Crippen LogP contribution in [-0.4, -0.2) is 57.6 Å². The van der Waals surface area contributed by atoms with E-state index in [1.54, 1.807) is 12.1 Å².